The Balaban J connectivity index is 2.51. The molecule has 1 atom stereocenters. The highest BCUT2D eigenvalue weighted by atomic mass is 79.9. The molecule has 0 radical (unpaired) electrons. The SMILES string of the molecule is OCC(O)c1cc2cc(Br)ccc2o1. The molecule has 0 bridgehead atoms. The van der Waals surface area contributed by atoms with E-state index in [4.69, 9.17) is 9.52 Å². The second kappa shape index (κ2) is 3.73. The minimum absolute atomic E-state index is 0.332. The van der Waals surface area contributed by atoms with Crippen molar-refractivity contribution in [2.24, 2.45) is 0 Å². The third-order valence-electron chi connectivity index (χ3n) is 2.00. The van der Waals surface area contributed by atoms with Gasteiger partial charge in [0.25, 0.3) is 0 Å². The Bertz CT molecular complexity index is 450. The molecule has 74 valence electrons. The number of benzene rings is 1. The highest BCUT2D eigenvalue weighted by molar-refractivity contribution is 9.10. The number of halogens is 1. The Morgan fingerprint density at radius 2 is 2.14 bits per heavy atom. The van der Waals surface area contributed by atoms with E-state index in [1.807, 2.05) is 18.2 Å². The van der Waals surface area contributed by atoms with Gasteiger partial charge in [0.2, 0.25) is 0 Å². The highest BCUT2D eigenvalue weighted by Gasteiger charge is 2.11. The Morgan fingerprint density at radius 3 is 2.86 bits per heavy atom. The maximum Gasteiger partial charge on any atom is 0.136 e. The first-order valence-electron chi connectivity index (χ1n) is 4.18. The van der Waals surface area contributed by atoms with Crippen LogP contribution in [-0.4, -0.2) is 16.8 Å². The van der Waals surface area contributed by atoms with Crippen molar-refractivity contribution in [1.82, 2.24) is 0 Å². The fourth-order valence-corrected chi connectivity index (χ4v) is 1.67. The molecule has 1 heterocycles. The molecule has 2 aromatic rings. The van der Waals surface area contributed by atoms with E-state index < -0.39 is 6.10 Å². The summed E-state index contributed by atoms with van der Waals surface area (Å²) in [4.78, 5) is 0. The third-order valence-corrected chi connectivity index (χ3v) is 2.49. The van der Waals surface area contributed by atoms with Crippen LogP contribution in [0.2, 0.25) is 0 Å². The number of fused-ring (bicyclic) bond motifs is 1. The minimum atomic E-state index is -0.943. The molecule has 0 saturated carbocycles. The molecule has 2 rings (SSSR count). The van der Waals surface area contributed by atoms with Crippen molar-refractivity contribution >= 4 is 26.9 Å². The fraction of sp³-hybridized carbons (Fsp3) is 0.200. The molecule has 0 amide bonds. The van der Waals surface area contributed by atoms with E-state index in [9.17, 15) is 5.11 Å². The topological polar surface area (TPSA) is 53.6 Å². The van der Waals surface area contributed by atoms with E-state index in [2.05, 4.69) is 15.9 Å². The van der Waals surface area contributed by atoms with Gasteiger partial charge in [0.1, 0.15) is 17.4 Å². The first kappa shape index (κ1) is 9.71. The van der Waals surface area contributed by atoms with Crippen LogP contribution < -0.4 is 0 Å². The van der Waals surface area contributed by atoms with Gasteiger partial charge in [0.05, 0.1) is 6.61 Å². The number of hydrogen-bond acceptors (Lipinski definition) is 3. The first-order chi connectivity index (χ1) is 6.70. The summed E-state index contributed by atoms with van der Waals surface area (Å²) in [5, 5.41) is 19.0. The molecule has 1 aromatic carbocycles. The van der Waals surface area contributed by atoms with Gasteiger partial charge in [-0.2, -0.15) is 0 Å². The minimum Gasteiger partial charge on any atom is -0.458 e. The maximum absolute atomic E-state index is 9.34. The summed E-state index contributed by atoms with van der Waals surface area (Å²) in [6.45, 7) is -0.332. The van der Waals surface area contributed by atoms with Crippen molar-refractivity contribution in [3.05, 3.63) is 34.5 Å². The van der Waals surface area contributed by atoms with Gasteiger partial charge >= 0.3 is 0 Å². The molecule has 0 aliphatic rings. The van der Waals surface area contributed by atoms with E-state index in [1.54, 1.807) is 6.07 Å². The van der Waals surface area contributed by atoms with Crippen LogP contribution in [0.1, 0.15) is 11.9 Å². The molecule has 0 saturated heterocycles. The lowest BCUT2D eigenvalue weighted by Crippen LogP contribution is -1.99. The van der Waals surface area contributed by atoms with Gasteiger partial charge < -0.3 is 14.6 Å². The fourth-order valence-electron chi connectivity index (χ4n) is 1.29. The molecule has 0 fully saturated rings. The average molecular weight is 257 g/mol. The zero-order chi connectivity index (χ0) is 10.1. The first-order valence-corrected chi connectivity index (χ1v) is 4.98. The van der Waals surface area contributed by atoms with Gasteiger partial charge in [-0.3, -0.25) is 0 Å². The van der Waals surface area contributed by atoms with Crippen molar-refractivity contribution < 1.29 is 14.6 Å². The molecule has 2 N–H and O–H groups in total. The van der Waals surface area contributed by atoms with Crippen LogP contribution in [0.4, 0.5) is 0 Å². The molecule has 14 heavy (non-hydrogen) atoms. The van der Waals surface area contributed by atoms with Crippen LogP contribution in [0.25, 0.3) is 11.0 Å². The Morgan fingerprint density at radius 1 is 1.36 bits per heavy atom. The highest BCUT2D eigenvalue weighted by Crippen LogP contribution is 2.26. The average Bonchev–Trinajstić information content (AvgIpc) is 2.59. The van der Waals surface area contributed by atoms with Gasteiger partial charge in [-0.1, -0.05) is 15.9 Å². The van der Waals surface area contributed by atoms with Crippen LogP contribution in [0.3, 0.4) is 0 Å². The molecule has 0 spiro atoms. The van der Waals surface area contributed by atoms with Crippen molar-refractivity contribution in [3.8, 4) is 0 Å². The quantitative estimate of drug-likeness (QED) is 0.867. The van der Waals surface area contributed by atoms with E-state index in [0.717, 1.165) is 9.86 Å². The van der Waals surface area contributed by atoms with Gasteiger partial charge in [0, 0.05) is 9.86 Å². The Labute approximate surface area is 89.1 Å². The standard InChI is InChI=1S/C10H9BrO3/c11-7-1-2-9-6(3-7)4-10(14-9)8(13)5-12/h1-4,8,12-13H,5H2. The summed E-state index contributed by atoms with van der Waals surface area (Å²) < 4.78 is 6.30. The zero-order valence-electron chi connectivity index (χ0n) is 7.27. The molecule has 4 heteroatoms. The number of rotatable bonds is 2. The maximum atomic E-state index is 9.34. The van der Waals surface area contributed by atoms with Gasteiger partial charge in [-0.15, -0.1) is 0 Å². The van der Waals surface area contributed by atoms with Crippen LogP contribution >= 0.6 is 15.9 Å². The molecular formula is C10H9BrO3. The normalized spacial score (nSPS) is 13.4. The van der Waals surface area contributed by atoms with Crippen molar-refractivity contribution in [1.29, 1.82) is 0 Å². The lowest BCUT2D eigenvalue weighted by molar-refractivity contribution is 0.0789. The molecule has 1 unspecified atom stereocenters. The molecule has 1 aromatic heterocycles. The van der Waals surface area contributed by atoms with Crippen LogP contribution in [0.15, 0.2) is 33.2 Å². The molecular weight excluding hydrogens is 248 g/mol. The molecule has 3 nitrogen and oxygen atoms in total. The van der Waals surface area contributed by atoms with Crippen LogP contribution in [0.5, 0.6) is 0 Å². The smallest absolute Gasteiger partial charge is 0.136 e. The van der Waals surface area contributed by atoms with Gasteiger partial charge in [-0.25, -0.2) is 0 Å². The van der Waals surface area contributed by atoms with E-state index in [-0.39, 0.29) is 6.61 Å². The van der Waals surface area contributed by atoms with Gasteiger partial charge in [0.15, 0.2) is 0 Å². The summed E-state index contributed by atoms with van der Waals surface area (Å²) in [7, 11) is 0. The third kappa shape index (κ3) is 1.68. The summed E-state index contributed by atoms with van der Waals surface area (Å²) in [5.74, 6) is 0.389. The number of aliphatic hydroxyl groups is 2. The van der Waals surface area contributed by atoms with Gasteiger partial charge in [-0.05, 0) is 24.3 Å². The second-order valence-electron chi connectivity index (χ2n) is 3.03. The van der Waals surface area contributed by atoms with Crippen LogP contribution in [-0.2, 0) is 0 Å². The second-order valence-corrected chi connectivity index (χ2v) is 3.94. The number of hydrogen-bond donors (Lipinski definition) is 2. The number of furan rings is 1. The summed E-state index contributed by atoms with van der Waals surface area (Å²) >= 11 is 3.34. The van der Waals surface area contributed by atoms with E-state index >= 15 is 0 Å². The largest absolute Gasteiger partial charge is 0.458 e. The molecule has 0 aliphatic carbocycles. The van der Waals surface area contributed by atoms with Crippen molar-refractivity contribution in [3.63, 3.8) is 0 Å². The summed E-state index contributed by atoms with van der Waals surface area (Å²) in [5.41, 5.74) is 0.704. The predicted molar refractivity (Wildman–Crippen MR) is 56.0 cm³/mol. The molecule has 0 aliphatic heterocycles. The monoisotopic (exact) mass is 256 g/mol. The van der Waals surface area contributed by atoms with E-state index in [1.165, 1.54) is 0 Å². The Kier molecular flexibility index (Phi) is 2.58. The van der Waals surface area contributed by atoms with Crippen LogP contribution in [0, 0.1) is 0 Å². The van der Waals surface area contributed by atoms with Crippen molar-refractivity contribution in [2.75, 3.05) is 6.61 Å². The summed E-state index contributed by atoms with van der Waals surface area (Å²) in [6.07, 6.45) is -0.943. The lowest BCUT2D eigenvalue weighted by atomic mass is 10.2. The predicted octanol–water partition coefficient (Wildman–Crippen LogP) is 2.22. The van der Waals surface area contributed by atoms with E-state index in [0.29, 0.717) is 11.3 Å². The summed E-state index contributed by atoms with van der Waals surface area (Å²) in [6, 6.07) is 7.29. The number of aliphatic hydroxyl groups excluding tert-OH is 2. The van der Waals surface area contributed by atoms with Crippen molar-refractivity contribution in [2.45, 2.75) is 6.10 Å². The zero-order valence-corrected chi connectivity index (χ0v) is 8.86. The lowest BCUT2D eigenvalue weighted by Gasteiger charge is -2.00. The Hall–Kier alpha value is -0.840.